The molecule has 1 atom stereocenters. The Morgan fingerprint density at radius 1 is 1.28 bits per heavy atom. The van der Waals surface area contributed by atoms with Crippen molar-refractivity contribution in [2.24, 2.45) is 5.41 Å². The van der Waals surface area contributed by atoms with Crippen molar-refractivity contribution in [3.63, 3.8) is 0 Å². The van der Waals surface area contributed by atoms with Gasteiger partial charge in [0, 0.05) is 6.54 Å². The average molecular weight is 257 g/mol. The molecule has 0 aromatic rings. The van der Waals surface area contributed by atoms with Crippen LogP contribution in [0.2, 0.25) is 0 Å². The molecule has 0 aromatic carbocycles. The van der Waals surface area contributed by atoms with Crippen molar-refractivity contribution < 1.29 is 14.6 Å². The third-order valence-electron chi connectivity index (χ3n) is 2.84. The topological polar surface area (TPSA) is 49.8 Å². The van der Waals surface area contributed by atoms with E-state index in [1.54, 1.807) is 4.90 Å². The van der Waals surface area contributed by atoms with E-state index >= 15 is 0 Å². The van der Waals surface area contributed by atoms with E-state index in [1.165, 1.54) is 0 Å². The zero-order valence-corrected chi connectivity index (χ0v) is 12.5. The minimum Gasteiger partial charge on any atom is -0.444 e. The summed E-state index contributed by atoms with van der Waals surface area (Å²) >= 11 is 0. The first-order valence-corrected chi connectivity index (χ1v) is 6.61. The first-order chi connectivity index (χ1) is 7.90. The van der Waals surface area contributed by atoms with Crippen LogP contribution >= 0.6 is 0 Å². The largest absolute Gasteiger partial charge is 0.444 e. The summed E-state index contributed by atoms with van der Waals surface area (Å²) in [5, 5.41) is 10.5. The average Bonchev–Trinajstić information content (AvgIpc) is 2.40. The molecule has 18 heavy (non-hydrogen) atoms. The number of carbonyl (C=O) groups excluding carboxylic acids is 1. The maximum Gasteiger partial charge on any atom is 0.410 e. The molecule has 106 valence electrons. The van der Waals surface area contributed by atoms with E-state index in [-0.39, 0.29) is 11.5 Å². The van der Waals surface area contributed by atoms with E-state index in [0.717, 1.165) is 0 Å². The molecule has 1 aliphatic rings. The number of carbonyl (C=O) groups is 1. The number of nitrogens with zero attached hydrogens (tertiary/aromatic N) is 1. The number of hydrogen-bond donors (Lipinski definition) is 1. The number of likely N-dealkylation sites (tertiary alicyclic amines) is 1. The van der Waals surface area contributed by atoms with E-state index in [2.05, 4.69) is 20.8 Å². The number of rotatable bonds is 1. The third-order valence-corrected chi connectivity index (χ3v) is 2.84. The van der Waals surface area contributed by atoms with E-state index in [4.69, 9.17) is 4.74 Å². The highest BCUT2D eigenvalue weighted by atomic mass is 16.6. The molecule has 1 rings (SSSR count). The van der Waals surface area contributed by atoms with Gasteiger partial charge in [0.25, 0.3) is 0 Å². The van der Waals surface area contributed by atoms with Crippen LogP contribution in [-0.4, -0.2) is 40.4 Å². The lowest BCUT2D eigenvalue weighted by Crippen LogP contribution is -2.40. The molecular formula is C14H27NO3. The van der Waals surface area contributed by atoms with Gasteiger partial charge in [0.05, 0.1) is 12.1 Å². The van der Waals surface area contributed by atoms with Crippen LogP contribution < -0.4 is 0 Å². The van der Waals surface area contributed by atoms with Crippen molar-refractivity contribution in [2.75, 3.05) is 13.1 Å². The van der Waals surface area contributed by atoms with E-state index < -0.39 is 11.2 Å². The summed E-state index contributed by atoms with van der Waals surface area (Å²) in [6.07, 6.45) is 0.996. The Morgan fingerprint density at radius 3 is 2.28 bits per heavy atom. The zero-order valence-electron chi connectivity index (χ0n) is 12.5. The highest BCUT2D eigenvalue weighted by Crippen LogP contribution is 2.34. The lowest BCUT2D eigenvalue weighted by atomic mass is 9.81. The van der Waals surface area contributed by atoms with Gasteiger partial charge in [-0.2, -0.15) is 0 Å². The Morgan fingerprint density at radius 2 is 1.83 bits per heavy atom. The molecule has 0 aromatic heterocycles. The molecule has 4 nitrogen and oxygen atoms in total. The molecule has 1 N–H and O–H groups in total. The molecule has 0 bridgehead atoms. The second kappa shape index (κ2) is 4.72. The normalized spacial score (nSPS) is 25.4. The molecule has 1 unspecified atom stereocenters. The first kappa shape index (κ1) is 15.3. The van der Waals surface area contributed by atoms with Crippen molar-refractivity contribution in [3.8, 4) is 0 Å². The van der Waals surface area contributed by atoms with Gasteiger partial charge in [-0.05, 0) is 39.0 Å². The van der Waals surface area contributed by atoms with Crippen LogP contribution in [0.3, 0.4) is 0 Å². The van der Waals surface area contributed by atoms with Gasteiger partial charge in [-0.1, -0.05) is 20.8 Å². The van der Waals surface area contributed by atoms with Crippen molar-refractivity contribution in [3.05, 3.63) is 0 Å². The monoisotopic (exact) mass is 257 g/mol. The summed E-state index contributed by atoms with van der Waals surface area (Å²) < 4.78 is 5.32. The molecule has 0 spiro atoms. The SMILES string of the molecule is CC(C)(C)CC1(O)CCN(C(=O)OC(C)(C)C)C1. The summed E-state index contributed by atoms with van der Waals surface area (Å²) in [6, 6.07) is 0. The van der Waals surface area contributed by atoms with Crippen molar-refractivity contribution in [2.45, 2.75) is 65.6 Å². The molecular weight excluding hydrogens is 230 g/mol. The summed E-state index contributed by atoms with van der Waals surface area (Å²) in [7, 11) is 0. The lowest BCUT2D eigenvalue weighted by Gasteiger charge is -2.31. The molecule has 1 aliphatic heterocycles. The quantitative estimate of drug-likeness (QED) is 0.786. The summed E-state index contributed by atoms with van der Waals surface area (Å²) in [5.74, 6) is 0. The van der Waals surface area contributed by atoms with E-state index in [9.17, 15) is 9.90 Å². The van der Waals surface area contributed by atoms with Crippen LogP contribution in [0.1, 0.15) is 54.4 Å². The smallest absolute Gasteiger partial charge is 0.410 e. The number of ether oxygens (including phenoxy) is 1. The zero-order chi connectivity index (χ0) is 14.2. The standard InChI is InChI=1S/C14H27NO3/c1-12(2,3)9-14(17)7-8-15(10-14)11(16)18-13(4,5)6/h17H,7-10H2,1-6H3. The molecule has 0 aliphatic carbocycles. The predicted octanol–water partition coefficient (Wildman–Crippen LogP) is 2.79. The lowest BCUT2D eigenvalue weighted by molar-refractivity contribution is -0.00153. The molecule has 0 radical (unpaired) electrons. The van der Waals surface area contributed by atoms with Crippen LogP contribution in [0.15, 0.2) is 0 Å². The van der Waals surface area contributed by atoms with Gasteiger partial charge in [0.15, 0.2) is 0 Å². The molecule has 1 amide bonds. The number of amides is 1. The first-order valence-electron chi connectivity index (χ1n) is 6.61. The van der Waals surface area contributed by atoms with E-state index in [0.29, 0.717) is 25.9 Å². The van der Waals surface area contributed by atoms with Crippen molar-refractivity contribution >= 4 is 6.09 Å². The predicted molar refractivity (Wildman–Crippen MR) is 71.4 cm³/mol. The van der Waals surface area contributed by atoms with Crippen LogP contribution in [0, 0.1) is 5.41 Å². The van der Waals surface area contributed by atoms with Crippen molar-refractivity contribution in [1.82, 2.24) is 4.90 Å². The Balaban J connectivity index is 2.58. The highest BCUT2D eigenvalue weighted by molar-refractivity contribution is 5.68. The summed E-state index contributed by atoms with van der Waals surface area (Å²) in [4.78, 5) is 13.5. The maximum atomic E-state index is 11.9. The van der Waals surface area contributed by atoms with Gasteiger partial charge in [-0.15, -0.1) is 0 Å². The number of β-amino-alcohol motifs (C(OH)–C–C–N with tert-alkyl or cyclic N) is 1. The van der Waals surface area contributed by atoms with Crippen LogP contribution in [0.5, 0.6) is 0 Å². The molecule has 0 saturated carbocycles. The highest BCUT2D eigenvalue weighted by Gasteiger charge is 2.41. The molecule has 1 saturated heterocycles. The third kappa shape index (κ3) is 4.84. The second-order valence-corrected chi connectivity index (χ2v) is 7.61. The Bertz CT molecular complexity index is 314. The molecule has 1 fully saturated rings. The maximum absolute atomic E-state index is 11.9. The van der Waals surface area contributed by atoms with Gasteiger partial charge < -0.3 is 14.7 Å². The van der Waals surface area contributed by atoms with E-state index in [1.807, 2.05) is 20.8 Å². The fourth-order valence-electron chi connectivity index (χ4n) is 2.47. The summed E-state index contributed by atoms with van der Waals surface area (Å²) in [6.45, 7) is 12.8. The Kier molecular flexibility index (Phi) is 4.01. The second-order valence-electron chi connectivity index (χ2n) is 7.61. The fourth-order valence-corrected chi connectivity index (χ4v) is 2.47. The summed E-state index contributed by atoms with van der Waals surface area (Å²) in [5.41, 5.74) is -1.20. The van der Waals surface area contributed by atoms with Crippen LogP contribution in [-0.2, 0) is 4.74 Å². The van der Waals surface area contributed by atoms with Gasteiger partial charge in [-0.25, -0.2) is 4.79 Å². The van der Waals surface area contributed by atoms with Gasteiger partial charge in [0.2, 0.25) is 0 Å². The van der Waals surface area contributed by atoms with Crippen LogP contribution in [0.25, 0.3) is 0 Å². The van der Waals surface area contributed by atoms with Gasteiger partial charge >= 0.3 is 6.09 Å². The van der Waals surface area contributed by atoms with Crippen molar-refractivity contribution in [1.29, 1.82) is 0 Å². The Labute approximate surface area is 110 Å². The Hall–Kier alpha value is -0.770. The van der Waals surface area contributed by atoms with Gasteiger partial charge in [0.1, 0.15) is 5.60 Å². The fraction of sp³-hybridized carbons (Fsp3) is 0.929. The van der Waals surface area contributed by atoms with Crippen LogP contribution in [0.4, 0.5) is 4.79 Å². The number of aliphatic hydroxyl groups is 1. The van der Waals surface area contributed by atoms with Gasteiger partial charge in [-0.3, -0.25) is 0 Å². The molecule has 4 heteroatoms. The molecule has 1 heterocycles. The number of hydrogen-bond acceptors (Lipinski definition) is 3. The minimum atomic E-state index is -0.769. The minimum absolute atomic E-state index is 0.0543.